The van der Waals surface area contributed by atoms with Gasteiger partial charge in [-0.15, -0.1) is 0 Å². The Hall–Kier alpha value is -0.900. The fourth-order valence-corrected chi connectivity index (χ4v) is 6.85. The number of hydrogen-bond acceptors (Lipinski definition) is 3. The molecule has 2 N–H and O–H groups in total. The van der Waals surface area contributed by atoms with Crippen LogP contribution in [0.25, 0.3) is 0 Å². The van der Waals surface area contributed by atoms with Crippen LogP contribution in [0.4, 0.5) is 0 Å². The second-order valence-corrected chi connectivity index (χ2v) is 8.19. The number of hydrogen-bond donors (Lipinski definition) is 2. The molecule has 3 heteroatoms. The largest absolute Gasteiger partial charge is 0.389 e. The molecule has 0 spiro atoms. The van der Waals surface area contributed by atoms with Crippen molar-refractivity contribution in [3.63, 3.8) is 0 Å². The van der Waals surface area contributed by atoms with Gasteiger partial charge in [0.05, 0.1) is 17.3 Å². The Bertz CT molecular complexity index is 687. The summed E-state index contributed by atoms with van der Waals surface area (Å²) in [5.74, 6) is 0.731. The van der Waals surface area contributed by atoms with Crippen LogP contribution in [-0.2, 0) is 4.74 Å². The fraction of sp³-hybridized carbons (Fsp3) is 0.667. The van der Waals surface area contributed by atoms with E-state index in [4.69, 9.17) is 4.74 Å². The van der Waals surface area contributed by atoms with E-state index < -0.39 is 11.2 Å². The molecule has 0 aromatic heterocycles. The maximum absolute atomic E-state index is 11.5. The van der Waals surface area contributed by atoms with Crippen molar-refractivity contribution in [2.75, 3.05) is 0 Å². The quantitative estimate of drug-likeness (QED) is 0.718. The number of aliphatic hydroxyl groups is 2. The first kappa shape index (κ1) is 11.6. The van der Waals surface area contributed by atoms with Crippen LogP contribution in [0.2, 0.25) is 0 Å². The van der Waals surface area contributed by atoms with E-state index in [2.05, 4.69) is 31.2 Å². The van der Waals surface area contributed by atoms with Gasteiger partial charge in [-0.1, -0.05) is 31.2 Å². The monoisotopic (exact) mass is 284 g/mol. The van der Waals surface area contributed by atoms with Crippen molar-refractivity contribution in [2.45, 2.75) is 55.5 Å². The lowest BCUT2D eigenvalue weighted by molar-refractivity contribution is -0.308. The predicted molar refractivity (Wildman–Crippen MR) is 75.6 cm³/mol. The molecule has 1 unspecified atom stereocenters. The van der Waals surface area contributed by atoms with Crippen LogP contribution in [-0.4, -0.2) is 27.5 Å². The van der Waals surface area contributed by atoms with E-state index in [1.807, 2.05) is 0 Å². The lowest BCUT2D eigenvalue weighted by Crippen LogP contribution is -2.76. The summed E-state index contributed by atoms with van der Waals surface area (Å²) in [5.41, 5.74) is 0.873. The Morgan fingerprint density at radius 2 is 1.81 bits per heavy atom. The van der Waals surface area contributed by atoms with Crippen molar-refractivity contribution in [1.82, 2.24) is 0 Å². The molecule has 1 heterocycles. The number of rotatable bonds is 0. The van der Waals surface area contributed by atoms with Crippen LogP contribution >= 0.6 is 0 Å². The van der Waals surface area contributed by atoms with Crippen molar-refractivity contribution in [3.05, 3.63) is 35.4 Å². The lowest BCUT2D eigenvalue weighted by atomic mass is 9.36. The van der Waals surface area contributed by atoms with Crippen molar-refractivity contribution in [2.24, 2.45) is 17.3 Å². The summed E-state index contributed by atoms with van der Waals surface area (Å²) in [4.78, 5) is 0. The minimum atomic E-state index is -0.756. The van der Waals surface area contributed by atoms with Gasteiger partial charge in [-0.3, -0.25) is 0 Å². The van der Waals surface area contributed by atoms with Crippen LogP contribution in [0.3, 0.4) is 0 Å². The zero-order valence-corrected chi connectivity index (χ0v) is 12.1. The minimum Gasteiger partial charge on any atom is -0.389 e. The van der Waals surface area contributed by atoms with Gasteiger partial charge in [0.2, 0.25) is 0 Å². The Morgan fingerprint density at radius 1 is 1.10 bits per heavy atom. The highest BCUT2D eigenvalue weighted by molar-refractivity contribution is 5.47. The molecule has 5 aliphatic rings. The highest BCUT2D eigenvalue weighted by Crippen LogP contribution is 2.81. The Morgan fingerprint density at radius 3 is 2.62 bits per heavy atom. The smallest absolute Gasteiger partial charge is 0.110 e. The van der Waals surface area contributed by atoms with Crippen molar-refractivity contribution in [3.8, 4) is 0 Å². The van der Waals surface area contributed by atoms with Crippen LogP contribution < -0.4 is 0 Å². The molecule has 4 fully saturated rings. The van der Waals surface area contributed by atoms with Crippen LogP contribution in [0, 0.1) is 17.3 Å². The van der Waals surface area contributed by atoms with E-state index in [0.717, 1.165) is 19.3 Å². The molecular formula is C18H20O3. The second kappa shape index (κ2) is 2.94. The highest BCUT2D eigenvalue weighted by Gasteiger charge is 2.84. The van der Waals surface area contributed by atoms with Crippen LogP contribution in [0.15, 0.2) is 24.3 Å². The third kappa shape index (κ3) is 0.916. The topological polar surface area (TPSA) is 53.0 Å². The SMILES string of the molecule is C[C@@]12C[C@H]3[C@H]4c5ccccc5[C@H]5O[C@H]5[C@@H]4[C@]1(O)CCC32O. The van der Waals surface area contributed by atoms with E-state index >= 15 is 0 Å². The van der Waals surface area contributed by atoms with Gasteiger partial charge in [-0.05, 0) is 42.2 Å². The van der Waals surface area contributed by atoms with Gasteiger partial charge < -0.3 is 14.9 Å². The van der Waals surface area contributed by atoms with Gasteiger partial charge in [0, 0.05) is 11.3 Å². The summed E-state index contributed by atoms with van der Waals surface area (Å²) >= 11 is 0. The molecular weight excluding hydrogens is 264 g/mol. The summed E-state index contributed by atoms with van der Waals surface area (Å²) in [6, 6.07) is 8.52. The summed E-state index contributed by atoms with van der Waals surface area (Å²) in [6.07, 6.45) is 2.78. The third-order valence-corrected chi connectivity index (χ3v) is 7.95. The molecule has 110 valence electrons. The molecule has 3 nitrogen and oxygen atoms in total. The fourth-order valence-electron chi connectivity index (χ4n) is 6.85. The van der Waals surface area contributed by atoms with Crippen molar-refractivity contribution in [1.29, 1.82) is 0 Å². The first-order chi connectivity index (χ1) is 10.0. The number of ether oxygens (including phenoxy) is 1. The molecule has 0 amide bonds. The van der Waals surface area contributed by atoms with Crippen molar-refractivity contribution >= 4 is 0 Å². The van der Waals surface area contributed by atoms with E-state index in [9.17, 15) is 10.2 Å². The van der Waals surface area contributed by atoms with Gasteiger partial charge in [0.15, 0.2) is 0 Å². The molecule has 1 aromatic rings. The molecule has 0 radical (unpaired) electrons. The minimum absolute atomic E-state index is 0.166. The van der Waals surface area contributed by atoms with E-state index in [-0.39, 0.29) is 29.5 Å². The Labute approximate surface area is 123 Å². The zero-order valence-electron chi connectivity index (χ0n) is 12.1. The van der Waals surface area contributed by atoms with Gasteiger partial charge in [-0.25, -0.2) is 0 Å². The number of benzene rings is 1. The van der Waals surface area contributed by atoms with Gasteiger partial charge in [0.25, 0.3) is 0 Å². The van der Waals surface area contributed by atoms with E-state index in [0.29, 0.717) is 5.92 Å². The molecule has 1 saturated heterocycles. The van der Waals surface area contributed by atoms with Gasteiger partial charge in [-0.2, -0.15) is 0 Å². The Kier molecular flexibility index (Phi) is 1.63. The summed E-state index contributed by atoms with van der Waals surface area (Å²) in [6.45, 7) is 2.10. The first-order valence-corrected chi connectivity index (χ1v) is 8.20. The zero-order chi connectivity index (χ0) is 14.2. The number of epoxide rings is 1. The van der Waals surface area contributed by atoms with E-state index in [1.165, 1.54) is 11.1 Å². The standard InChI is InChI=1S/C18H20O3/c1-16-8-11-12-9-4-2-3-5-10(9)14-15(21-14)13(12)18(16,20)7-6-17(11,16)19/h2-5,11-15,19-20H,6-8H2,1H3/t11-,12+,13+,14+,15-,16-,17?,18+/m0/s1. The molecule has 8 atom stereocenters. The Balaban J connectivity index is 1.63. The van der Waals surface area contributed by atoms with Gasteiger partial charge >= 0.3 is 0 Å². The third-order valence-electron chi connectivity index (χ3n) is 7.95. The van der Waals surface area contributed by atoms with Crippen LogP contribution in [0.5, 0.6) is 0 Å². The average Bonchev–Trinajstić information content (AvgIpc) is 3.26. The molecule has 1 aromatic carbocycles. The maximum Gasteiger partial charge on any atom is 0.110 e. The van der Waals surface area contributed by atoms with Gasteiger partial charge in [0.1, 0.15) is 6.10 Å². The molecule has 21 heavy (non-hydrogen) atoms. The normalized spacial score (nSPS) is 61.4. The molecule has 4 aliphatic carbocycles. The van der Waals surface area contributed by atoms with E-state index in [1.54, 1.807) is 0 Å². The lowest BCUT2D eigenvalue weighted by Gasteiger charge is -2.71. The average molecular weight is 284 g/mol. The predicted octanol–water partition coefficient (Wildman–Crippen LogP) is 2.14. The maximum atomic E-state index is 11.5. The molecule has 3 saturated carbocycles. The van der Waals surface area contributed by atoms with Crippen LogP contribution in [0.1, 0.15) is 49.3 Å². The summed E-state index contributed by atoms with van der Waals surface area (Å²) in [5, 5.41) is 22.8. The molecule has 6 rings (SSSR count). The summed E-state index contributed by atoms with van der Waals surface area (Å²) in [7, 11) is 0. The molecule has 1 aliphatic heterocycles. The van der Waals surface area contributed by atoms with Crippen molar-refractivity contribution < 1.29 is 14.9 Å². The number of fused-ring (bicyclic) bond motifs is 8. The first-order valence-electron chi connectivity index (χ1n) is 8.20. The highest BCUT2D eigenvalue weighted by atomic mass is 16.6. The molecule has 4 bridgehead atoms. The summed E-state index contributed by atoms with van der Waals surface area (Å²) < 4.78 is 5.99. The second-order valence-electron chi connectivity index (χ2n) is 8.19.